The second-order valence-electron chi connectivity index (χ2n) is 12.1. The molecule has 10 heteroatoms. The summed E-state index contributed by atoms with van der Waals surface area (Å²) in [6.45, 7) is 14.1. The van der Waals surface area contributed by atoms with Gasteiger partial charge in [0.05, 0.1) is 42.5 Å². The number of H-pyrrole nitrogens is 1. The molecule has 0 radical (unpaired) electrons. The van der Waals surface area contributed by atoms with Crippen LogP contribution in [0.3, 0.4) is 0 Å². The maximum atomic E-state index is 12.3. The van der Waals surface area contributed by atoms with E-state index in [1.165, 1.54) is 30.9 Å². The van der Waals surface area contributed by atoms with Crippen molar-refractivity contribution in [3.63, 3.8) is 0 Å². The number of piperazine rings is 1. The molecular formula is C30H38ClN7O2. The Morgan fingerprint density at radius 3 is 2.58 bits per heavy atom. The Kier molecular flexibility index (Phi) is 6.44. The van der Waals surface area contributed by atoms with E-state index in [-0.39, 0.29) is 17.5 Å². The SMILES string of the molecule is C=CC(=O)N1CCC(n2nc(N3CCN(C4COC4)CC34CCC4)c(-c3c(C)c(Cl)cc4[nH]ncc34)c2C)CC1. The molecule has 1 saturated carbocycles. The first-order valence-electron chi connectivity index (χ1n) is 14.6. The predicted octanol–water partition coefficient (Wildman–Crippen LogP) is 4.49. The number of anilines is 1. The third kappa shape index (κ3) is 4.00. The average molecular weight is 564 g/mol. The third-order valence-electron chi connectivity index (χ3n) is 9.98. The topological polar surface area (TPSA) is 82.5 Å². The molecule has 4 aliphatic rings. The van der Waals surface area contributed by atoms with E-state index in [1.807, 2.05) is 17.2 Å². The molecular weight excluding hydrogens is 526 g/mol. The average Bonchev–Trinajstić information content (AvgIpc) is 3.51. The van der Waals surface area contributed by atoms with Crippen LogP contribution in [0.1, 0.15) is 49.4 Å². The molecule has 0 unspecified atom stereocenters. The fourth-order valence-electron chi connectivity index (χ4n) is 7.38. The molecule has 4 fully saturated rings. The van der Waals surface area contributed by atoms with Gasteiger partial charge in [0.25, 0.3) is 0 Å². The number of carbonyl (C=O) groups excluding carboxylic acids is 1. The number of aromatic nitrogens is 4. The third-order valence-corrected chi connectivity index (χ3v) is 10.4. The molecule has 1 amide bonds. The fourth-order valence-corrected chi connectivity index (χ4v) is 7.59. The summed E-state index contributed by atoms with van der Waals surface area (Å²) in [6.07, 6.45) is 8.69. The molecule has 3 aliphatic heterocycles. The summed E-state index contributed by atoms with van der Waals surface area (Å²) in [6, 6.07) is 2.75. The Hall–Kier alpha value is -2.88. The molecule has 2 aromatic heterocycles. The lowest BCUT2D eigenvalue weighted by molar-refractivity contribution is -0.127. The molecule has 1 aromatic carbocycles. The number of nitrogens with zero attached hydrogens (tertiary/aromatic N) is 6. The van der Waals surface area contributed by atoms with E-state index in [0.717, 1.165) is 84.3 Å². The number of piperidine rings is 1. The smallest absolute Gasteiger partial charge is 0.245 e. The molecule has 40 heavy (non-hydrogen) atoms. The highest BCUT2D eigenvalue weighted by Crippen LogP contribution is 2.49. The van der Waals surface area contributed by atoms with Crippen LogP contribution in [0.25, 0.3) is 22.0 Å². The largest absolute Gasteiger partial charge is 0.378 e. The zero-order valence-electron chi connectivity index (χ0n) is 23.5. The zero-order valence-corrected chi connectivity index (χ0v) is 24.2. The number of rotatable bonds is 5. The van der Waals surface area contributed by atoms with Crippen molar-refractivity contribution in [1.29, 1.82) is 0 Å². The minimum absolute atomic E-state index is 0.00979. The highest BCUT2D eigenvalue weighted by molar-refractivity contribution is 6.33. The lowest BCUT2D eigenvalue weighted by atomic mass is 9.73. The van der Waals surface area contributed by atoms with E-state index in [1.54, 1.807) is 0 Å². The summed E-state index contributed by atoms with van der Waals surface area (Å²) < 4.78 is 7.80. The van der Waals surface area contributed by atoms with Gasteiger partial charge in [-0.25, -0.2) is 0 Å². The Morgan fingerprint density at radius 2 is 1.93 bits per heavy atom. The van der Waals surface area contributed by atoms with Gasteiger partial charge >= 0.3 is 0 Å². The van der Waals surface area contributed by atoms with Crippen LogP contribution >= 0.6 is 11.6 Å². The first kappa shape index (κ1) is 26.0. The summed E-state index contributed by atoms with van der Waals surface area (Å²) in [4.78, 5) is 19.4. The van der Waals surface area contributed by atoms with E-state index >= 15 is 0 Å². The number of hydrogen-bond acceptors (Lipinski definition) is 6. The number of carbonyl (C=O) groups is 1. The van der Waals surface area contributed by atoms with Crippen molar-refractivity contribution in [2.45, 2.75) is 63.6 Å². The Bertz CT molecular complexity index is 1460. The molecule has 0 atom stereocenters. The number of aromatic amines is 1. The summed E-state index contributed by atoms with van der Waals surface area (Å²) in [7, 11) is 0. The van der Waals surface area contributed by atoms with Crippen LogP contribution in [0, 0.1) is 13.8 Å². The summed E-state index contributed by atoms with van der Waals surface area (Å²) in [5.74, 6) is 1.08. The number of benzene rings is 1. The van der Waals surface area contributed by atoms with E-state index in [4.69, 9.17) is 21.4 Å². The van der Waals surface area contributed by atoms with Gasteiger partial charge in [0.2, 0.25) is 5.91 Å². The van der Waals surface area contributed by atoms with Gasteiger partial charge in [-0.2, -0.15) is 10.2 Å². The molecule has 1 N–H and O–H groups in total. The van der Waals surface area contributed by atoms with Crippen LogP contribution in [0.2, 0.25) is 5.02 Å². The Morgan fingerprint density at radius 1 is 1.15 bits per heavy atom. The van der Waals surface area contributed by atoms with E-state index < -0.39 is 0 Å². The first-order chi connectivity index (χ1) is 19.4. The number of likely N-dealkylation sites (tertiary alicyclic amines) is 1. The summed E-state index contributed by atoms with van der Waals surface area (Å²) in [5, 5.41) is 14.8. The molecule has 3 aromatic rings. The summed E-state index contributed by atoms with van der Waals surface area (Å²) >= 11 is 6.82. The molecule has 0 bridgehead atoms. The van der Waals surface area contributed by atoms with Crippen molar-refractivity contribution >= 4 is 34.2 Å². The van der Waals surface area contributed by atoms with Gasteiger partial charge < -0.3 is 14.5 Å². The maximum absolute atomic E-state index is 12.3. The number of fused-ring (bicyclic) bond motifs is 1. The number of hydrogen-bond donors (Lipinski definition) is 1. The van der Waals surface area contributed by atoms with Crippen LogP contribution in [0.4, 0.5) is 5.82 Å². The number of halogens is 1. The van der Waals surface area contributed by atoms with Crippen molar-refractivity contribution in [2.75, 3.05) is 50.8 Å². The Balaban J connectivity index is 1.34. The standard InChI is InChI=1S/C30H38ClN7O2/c1-4-26(39)35-10-6-21(7-11-35)38-20(3)28(27-19(2)24(31)14-25-23(27)15-32-33-25)29(34-38)37-13-12-36(22-16-40-17-22)18-30(37)8-5-9-30/h4,14-15,21-22H,1,5-13,16-18H2,2-3H3,(H,32,33). The van der Waals surface area contributed by atoms with Crippen molar-refractivity contribution in [3.8, 4) is 11.1 Å². The Labute approximate surface area is 240 Å². The lowest BCUT2D eigenvalue weighted by Gasteiger charge is -2.58. The number of ether oxygens (including phenoxy) is 1. The van der Waals surface area contributed by atoms with Crippen molar-refractivity contribution < 1.29 is 9.53 Å². The van der Waals surface area contributed by atoms with Crippen molar-refractivity contribution in [1.82, 2.24) is 29.8 Å². The zero-order chi connectivity index (χ0) is 27.6. The normalized spacial score (nSPS) is 22.1. The van der Waals surface area contributed by atoms with Gasteiger partial charge in [-0.3, -0.25) is 19.5 Å². The molecule has 1 aliphatic carbocycles. The van der Waals surface area contributed by atoms with Gasteiger partial charge in [0, 0.05) is 60.0 Å². The van der Waals surface area contributed by atoms with Gasteiger partial charge in [-0.1, -0.05) is 18.2 Å². The van der Waals surface area contributed by atoms with Gasteiger partial charge in [0.1, 0.15) is 0 Å². The number of amides is 1. The van der Waals surface area contributed by atoms with E-state index in [9.17, 15) is 4.79 Å². The first-order valence-corrected chi connectivity index (χ1v) is 15.0. The minimum atomic E-state index is 0.00979. The van der Waals surface area contributed by atoms with Crippen molar-refractivity contribution in [3.05, 3.63) is 41.2 Å². The van der Waals surface area contributed by atoms with Gasteiger partial charge in [-0.15, -0.1) is 0 Å². The number of nitrogens with one attached hydrogen (secondary N) is 1. The van der Waals surface area contributed by atoms with Crippen LogP contribution in [-0.2, 0) is 9.53 Å². The minimum Gasteiger partial charge on any atom is -0.378 e. The molecule has 5 heterocycles. The fraction of sp³-hybridized carbons (Fsp3) is 0.567. The molecule has 3 saturated heterocycles. The van der Waals surface area contributed by atoms with Gasteiger partial charge in [0.15, 0.2) is 5.82 Å². The predicted molar refractivity (Wildman–Crippen MR) is 157 cm³/mol. The monoisotopic (exact) mass is 563 g/mol. The van der Waals surface area contributed by atoms with Crippen LogP contribution in [0.5, 0.6) is 0 Å². The lowest BCUT2D eigenvalue weighted by Crippen LogP contribution is -2.69. The molecule has 212 valence electrons. The van der Waals surface area contributed by atoms with Crippen LogP contribution in [-0.4, -0.2) is 93.2 Å². The summed E-state index contributed by atoms with van der Waals surface area (Å²) in [5.41, 5.74) is 5.53. The van der Waals surface area contributed by atoms with Gasteiger partial charge in [-0.05, 0) is 63.7 Å². The van der Waals surface area contributed by atoms with Crippen LogP contribution < -0.4 is 4.90 Å². The van der Waals surface area contributed by atoms with Crippen molar-refractivity contribution in [2.24, 2.45) is 0 Å². The second kappa shape index (κ2) is 9.89. The van der Waals surface area contributed by atoms with Crippen LogP contribution in [0.15, 0.2) is 24.9 Å². The molecule has 9 nitrogen and oxygen atoms in total. The molecule has 7 rings (SSSR count). The van der Waals surface area contributed by atoms with E-state index in [2.05, 4.69) is 45.1 Å². The highest BCUT2D eigenvalue weighted by atomic mass is 35.5. The highest BCUT2D eigenvalue weighted by Gasteiger charge is 2.50. The molecule has 1 spiro atoms. The second-order valence-corrected chi connectivity index (χ2v) is 12.5. The van der Waals surface area contributed by atoms with E-state index in [0.29, 0.717) is 19.1 Å². The quantitative estimate of drug-likeness (QED) is 0.461. The maximum Gasteiger partial charge on any atom is 0.245 e.